The van der Waals surface area contributed by atoms with E-state index in [9.17, 15) is 0 Å². The second-order valence-corrected chi connectivity index (χ2v) is 7.53. The molecule has 150 valence electrons. The lowest BCUT2D eigenvalue weighted by Crippen LogP contribution is -2.47. The van der Waals surface area contributed by atoms with Gasteiger partial charge in [-0.05, 0) is 26.6 Å². The summed E-state index contributed by atoms with van der Waals surface area (Å²) in [6.45, 7) is 8.85. The van der Waals surface area contributed by atoms with Crippen LogP contribution in [-0.2, 0) is 0 Å². The number of nitrogens with zero attached hydrogens (tertiary/aromatic N) is 5. The molecule has 28 heavy (non-hydrogen) atoms. The van der Waals surface area contributed by atoms with Crippen molar-refractivity contribution in [2.75, 3.05) is 70.1 Å². The Morgan fingerprint density at radius 2 is 1.82 bits per heavy atom. The number of hydrogen-bond acceptors (Lipinski definition) is 6. The third kappa shape index (κ3) is 6.32. The van der Waals surface area contributed by atoms with Gasteiger partial charge in [0.25, 0.3) is 0 Å². The Labute approximate surface area is 168 Å². The molecule has 1 saturated heterocycles. The summed E-state index contributed by atoms with van der Waals surface area (Å²) in [6.07, 6.45) is 4.45. The molecule has 1 aromatic heterocycles. The molecular formula is C22H32N6. The molecule has 1 aliphatic rings. The Morgan fingerprint density at radius 3 is 2.54 bits per heavy atom. The van der Waals surface area contributed by atoms with Crippen LogP contribution in [0, 0.1) is 6.92 Å². The van der Waals surface area contributed by atoms with Crippen molar-refractivity contribution in [3.05, 3.63) is 53.7 Å². The van der Waals surface area contributed by atoms with Gasteiger partial charge in [0.05, 0.1) is 0 Å². The van der Waals surface area contributed by atoms with Crippen molar-refractivity contribution in [3.8, 4) is 0 Å². The summed E-state index contributed by atoms with van der Waals surface area (Å²) in [7, 11) is 4.15. The van der Waals surface area contributed by atoms with Crippen molar-refractivity contribution in [1.29, 1.82) is 0 Å². The van der Waals surface area contributed by atoms with Crippen LogP contribution in [0.1, 0.15) is 11.3 Å². The number of nitrogens with one attached hydrogen (secondary N) is 1. The summed E-state index contributed by atoms with van der Waals surface area (Å²) in [5.74, 6) is 1.75. The van der Waals surface area contributed by atoms with Gasteiger partial charge in [-0.1, -0.05) is 42.5 Å². The van der Waals surface area contributed by atoms with Gasteiger partial charge in [0.2, 0.25) is 5.95 Å². The summed E-state index contributed by atoms with van der Waals surface area (Å²) in [6, 6.07) is 12.5. The normalized spacial score (nSPS) is 15.5. The van der Waals surface area contributed by atoms with E-state index in [2.05, 4.69) is 75.5 Å². The number of aromatic nitrogens is 2. The van der Waals surface area contributed by atoms with Gasteiger partial charge in [0.1, 0.15) is 5.82 Å². The molecule has 0 aliphatic carbocycles. The largest absolute Gasteiger partial charge is 0.369 e. The zero-order valence-electron chi connectivity index (χ0n) is 17.3. The molecular weight excluding hydrogens is 348 g/mol. The van der Waals surface area contributed by atoms with Gasteiger partial charge in [0, 0.05) is 57.6 Å². The van der Waals surface area contributed by atoms with Crippen LogP contribution in [-0.4, -0.2) is 79.7 Å². The standard InChI is InChI=1S/C22H32N6/c1-19-18-21(23-11-13-26(2)3)25-22(24-19)28-16-14-27(15-17-28)12-7-10-20-8-5-4-6-9-20/h4-10,18H,11-17H2,1-3H3,(H,23,24,25)/b10-7+. The molecule has 1 aliphatic heterocycles. The predicted octanol–water partition coefficient (Wildman–Crippen LogP) is 2.59. The molecule has 1 aromatic carbocycles. The van der Waals surface area contributed by atoms with Crippen molar-refractivity contribution >= 4 is 17.8 Å². The third-order valence-corrected chi connectivity index (χ3v) is 4.84. The Kier molecular flexibility index (Phi) is 7.39. The summed E-state index contributed by atoms with van der Waals surface area (Å²) in [4.78, 5) is 16.3. The number of aryl methyl sites for hydroxylation is 1. The van der Waals surface area contributed by atoms with E-state index in [0.29, 0.717) is 0 Å². The second kappa shape index (κ2) is 10.2. The number of rotatable bonds is 8. The maximum atomic E-state index is 4.73. The molecule has 6 heteroatoms. The van der Waals surface area contributed by atoms with E-state index in [-0.39, 0.29) is 0 Å². The maximum absolute atomic E-state index is 4.73. The van der Waals surface area contributed by atoms with E-state index in [0.717, 1.165) is 63.3 Å². The van der Waals surface area contributed by atoms with Crippen LogP contribution < -0.4 is 10.2 Å². The predicted molar refractivity (Wildman–Crippen MR) is 118 cm³/mol. The smallest absolute Gasteiger partial charge is 0.227 e. The minimum Gasteiger partial charge on any atom is -0.369 e. The van der Waals surface area contributed by atoms with Crippen molar-refractivity contribution in [1.82, 2.24) is 19.8 Å². The highest BCUT2D eigenvalue weighted by atomic mass is 15.3. The second-order valence-electron chi connectivity index (χ2n) is 7.53. The Balaban J connectivity index is 1.50. The first-order chi connectivity index (χ1) is 13.6. The Hall–Kier alpha value is -2.44. The summed E-state index contributed by atoms with van der Waals surface area (Å²) in [5, 5.41) is 3.41. The summed E-state index contributed by atoms with van der Waals surface area (Å²) < 4.78 is 0. The van der Waals surface area contributed by atoms with Crippen LogP contribution in [0.5, 0.6) is 0 Å². The van der Waals surface area contributed by atoms with E-state index >= 15 is 0 Å². The van der Waals surface area contributed by atoms with Gasteiger partial charge in [-0.25, -0.2) is 4.98 Å². The van der Waals surface area contributed by atoms with Gasteiger partial charge in [-0.3, -0.25) is 4.90 Å². The van der Waals surface area contributed by atoms with Crippen LogP contribution in [0.2, 0.25) is 0 Å². The van der Waals surface area contributed by atoms with Gasteiger partial charge in [0.15, 0.2) is 0 Å². The molecule has 6 nitrogen and oxygen atoms in total. The highest BCUT2D eigenvalue weighted by Gasteiger charge is 2.18. The number of anilines is 2. The van der Waals surface area contributed by atoms with Crippen molar-refractivity contribution in [2.45, 2.75) is 6.92 Å². The van der Waals surface area contributed by atoms with Crippen molar-refractivity contribution in [3.63, 3.8) is 0 Å². The van der Waals surface area contributed by atoms with Crippen LogP contribution in [0.4, 0.5) is 11.8 Å². The number of benzene rings is 1. The molecule has 3 rings (SSSR count). The first-order valence-electron chi connectivity index (χ1n) is 10.0. The van der Waals surface area contributed by atoms with E-state index in [1.807, 2.05) is 19.1 Å². The van der Waals surface area contributed by atoms with Crippen LogP contribution in [0.15, 0.2) is 42.5 Å². The molecule has 0 bridgehead atoms. The average molecular weight is 381 g/mol. The third-order valence-electron chi connectivity index (χ3n) is 4.84. The van der Waals surface area contributed by atoms with Crippen LogP contribution in [0.3, 0.4) is 0 Å². The topological polar surface area (TPSA) is 47.5 Å². The fourth-order valence-electron chi connectivity index (χ4n) is 3.22. The van der Waals surface area contributed by atoms with Crippen molar-refractivity contribution in [2.24, 2.45) is 0 Å². The molecule has 2 heterocycles. The van der Waals surface area contributed by atoms with Crippen LogP contribution >= 0.6 is 0 Å². The minimum absolute atomic E-state index is 0.840. The highest BCUT2D eigenvalue weighted by molar-refractivity contribution is 5.49. The van der Waals surface area contributed by atoms with Crippen LogP contribution in [0.25, 0.3) is 6.08 Å². The minimum atomic E-state index is 0.840. The first-order valence-corrected chi connectivity index (χ1v) is 10.0. The molecule has 1 N–H and O–H groups in total. The lowest BCUT2D eigenvalue weighted by atomic mass is 10.2. The van der Waals surface area contributed by atoms with Gasteiger partial charge < -0.3 is 15.1 Å². The van der Waals surface area contributed by atoms with E-state index < -0.39 is 0 Å². The molecule has 0 radical (unpaired) electrons. The molecule has 0 saturated carbocycles. The lowest BCUT2D eigenvalue weighted by molar-refractivity contribution is 0.283. The zero-order valence-corrected chi connectivity index (χ0v) is 17.3. The van der Waals surface area contributed by atoms with Gasteiger partial charge in [-0.2, -0.15) is 4.98 Å². The summed E-state index contributed by atoms with van der Waals surface area (Å²) >= 11 is 0. The maximum Gasteiger partial charge on any atom is 0.227 e. The molecule has 0 amide bonds. The number of piperazine rings is 1. The average Bonchev–Trinajstić information content (AvgIpc) is 2.69. The molecule has 2 aromatic rings. The Morgan fingerprint density at radius 1 is 1.07 bits per heavy atom. The lowest BCUT2D eigenvalue weighted by Gasteiger charge is -2.34. The highest BCUT2D eigenvalue weighted by Crippen LogP contribution is 2.16. The fourth-order valence-corrected chi connectivity index (χ4v) is 3.22. The molecule has 1 fully saturated rings. The monoisotopic (exact) mass is 380 g/mol. The number of hydrogen-bond donors (Lipinski definition) is 1. The zero-order chi connectivity index (χ0) is 19.8. The quantitative estimate of drug-likeness (QED) is 0.760. The van der Waals surface area contributed by atoms with Gasteiger partial charge in [-0.15, -0.1) is 0 Å². The molecule has 0 atom stereocenters. The van der Waals surface area contributed by atoms with E-state index in [1.165, 1.54) is 5.56 Å². The van der Waals surface area contributed by atoms with Crippen molar-refractivity contribution < 1.29 is 0 Å². The summed E-state index contributed by atoms with van der Waals surface area (Å²) in [5.41, 5.74) is 2.26. The number of likely N-dealkylation sites (N-methyl/N-ethyl adjacent to an activating group) is 1. The van der Waals surface area contributed by atoms with E-state index in [4.69, 9.17) is 4.98 Å². The fraction of sp³-hybridized carbons (Fsp3) is 0.455. The van der Waals surface area contributed by atoms with E-state index in [1.54, 1.807) is 0 Å². The molecule has 0 spiro atoms. The first kappa shape index (κ1) is 20.3. The Bertz CT molecular complexity index is 751. The van der Waals surface area contributed by atoms with Gasteiger partial charge >= 0.3 is 0 Å². The molecule has 0 unspecified atom stereocenters. The SMILES string of the molecule is Cc1cc(NCCN(C)C)nc(N2CCN(C/C=C/c3ccccc3)CC2)n1.